The molecule has 5 heteroatoms. The molecule has 0 aliphatic carbocycles. The quantitative estimate of drug-likeness (QED) is 0.860. The molecule has 0 radical (unpaired) electrons. The highest BCUT2D eigenvalue weighted by atomic mass is 79.9. The second kappa shape index (κ2) is 5.97. The molecular formula is C16H21BrN2O2. The average molecular weight is 353 g/mol. The monoisotopic (exact) mass is 352 g/mol. The normalized spacial score (nSPS) is 27.0. The maximum atomic E-state index is 11.5. The molecule has 2 unspecified atom stereocenters. The van der Waals surface area contributed by atoms with Crippen LogP contribution in [0.2, 0.25) is 0 Å². The molecule has 2 aliphatic heterocycles. The molecule has 1 amide bonds. The largest absolute Gasteiger partial charge is 0.389 e. The fourth-order valence-electron chi connectivity index (χ4n) is 3.37. The van der Waals surface area contributed by atoms with E-state index in [0.717, 1.165) is 36.0 Å². The van der Waals surface area contributed by atoms with Crippen LogP contribution in [-0.4, -0.2) is 30.1 Å². The summed E-state index contributed by atoms with van der Waals surface area (Å²) in [4.78, 5) is 13.9. The fraction of sp³-hybridized carbons (Fsp3) is 0.562. The number of aliphatic hydroxyl groups is 1. The third-order valence-electron chi connectivity index (χ3n) is 4.62. The molecule has 2 fully saturated rings. The van der Waals surface area contributed by atoms with Crippen molar-refractivity contribution in [2.24, 2.45) is 5.92 Å². The minimum Gasteiger partial charge on any atom is -0.389 e. The number of hydrogen-bond acceptors (Lipinski definition) is 3. The number of aliphatic hydroxyl groups excluding tert-OH is 1. The van der Waals surface area contributed by atoms with Gasteiger partial charge in [-0.3, -0.25) is 4.79 Å². The fourth-order valence-corrected chi connectivity index (χ4v) is 4.02. The van der Waals surface area contributed by atoms with Gasteiger partial charge in [0.2, 0.25) is 5.91 Å². The molecule has 0 spiro atoms. The molecule has 4 nitrogen and oxygen atoms in total. The van der Waals surface area contributed by atoms with Crippen LogP contribution < -0.4 is 10.2 Å². The lowest BCUT2D eigenvalue weighted by atomic mass is 9.85. The van der Waals surface area contributed by atoms with Gasteiger partial charge in [0.05, 0.1) is 11.8 Å². The summed E-state index contributed by atoms with van der Waals surface area (Å²) in [6, 6.07) is 6.40. The van der Waals surface area contributed by atoms with Crippen molar-refractivity contribution in [2.75, 3.05) is 18.0 Å². The van der Waals surface area contributed by atoms with Crippen LogP contribution in [0.4, 0.5) is 5.69 Å². The number of halogens is 1. The van der Waals surface area contributed by atoms with Crippen molar-refractivity contribution in [3.8, 4) is 0 Å². The Balaban J connectivity index is 1.75. The molecule has 1 aromatic rings. The average Bonchev–Trinajstić information content (AvgIpc) is 2.46. The molecule has 2 aliphatic rings. The van der Waals surface area contributed by atoms with E-state index in [-0.39, 0.29) is 5.91 Å². The Kier molecular flexibility index (Phi) is 4.22. The van der Waals surface area contributed by atoms with E-state index in [1.165, 1.54) is 5.69 Å². The number of rotatable bonds is 2. The van der Waals surface area contributed by atoms with E-state index in [4.69, 9.17) is 0 Å². The highest BCUT2D eigenvalue weighted by molar-refractivity contribution is 9.10. The van der Waals surface area contributed by atoms with Crippen molar-refractivity contribution in [2.45, 2.75) is 38.3 Å². The van der Waals surface area contributed by atoms with Crippen molar-refractivity contribution in [3.05, 3.63) is 28.2 Å². The van der Waals surface area contributed by atoms with Gasteiger partial charge in [0.1, 0.15) is 0 Å². The summed E-state index contributed by atoms with van der Waals surface area (Å²) in [7, 11) is 0. The summed E-state index contributed by atoms with van der Waals surface area (Å²) in [5.74, 6) is 0.743. The SMILES string of the molecule is C[C@H](O)c1ccc(N2CCC3NC(=O)CCC3C2)c(Br)c1. The molecule has 3 atom stereocenters. The Bertz CT molecular complexity index is 547. The van der Waals surface area contributed by atoms with E-state index in [1.54, 1.807) is 6.92 Å². The molecule has 3 rings (SSSR count). The molecule has 0 aromatic heterocycles. The Morgan fingerprint density at radius 2 is 2.24 bits per heavy atom. The number of fused-ring (bicyclic) bond motifs is 1. The second-order valence-electron chi connectivity index (χ2n) is 6.09. The minimum absolute atomic E-state index is 0.201. The predicted octanol–water partition coefficient (Wildman–Crippen LogP) is 2.61. The molecule has 2 saturated heterocycles. The van der Waals surface area contributed by atoms with Gasteiger partial charge >= 0.3 is 0 Å². The van der Waals surface area contributed by atoms with Crippen molar-refractivity contribution in [1.29, 1.82) is 0 Å². The second-order valence-corrected chi connectivity index (χ2v) is 6.95. The number of piperidine rings is 2. The van der Waals surface area contributed by atoms with E-state index in [2.05, 4.69) is 32.2 Å². The van der Waals surface area contributed by atoms with Gasteiger partial charge in [-0.05, 0) is 59.3 Å². The zero-order valence-corrected chi connectivity index (χ0v) is 13.8. The number of benzene rings is 1. The number of hydrogen-bond donors (Lipinski definition) is 2. The summed E-state index contributed by atoms with van der Waals surface area (Å²) in [5, 5.41) is 12.8. The summed E-state index contributed by atoms with van der Waals surface area (Å²) in [6.07, 6.45) is 2.18. The first-order valence-corrected chi connectivity index (χ1v) is 8.35. The van der Waals surface area contributed by atoms with Crippen LogP contribution in [0.1, 0.15) is 37.9 Å². The standard InChI is InChI=1S/C16H21BrN2O2/c1-10(20)11-2-4-15(13(17)8-11)19-7-6-14-12(9-19)3-5-16(21)18-14/h2,4,8,10,12,14,20H,3,5-7,9H2,1H3,(H,18,21)/t10-,12?,14?/m0/s1. The van der Waals surface area contributed by atoms with E-state index in [1.807, 2.05) is 12.1 Å². The van der Waals surface area contributed by atoms with Crippen LogP contribution in [-0.2, 0) is 4.79 Å². The van der Waals surface area contributed by atoms with E-state index < -0.39 is 6.10 Å². The summed E-state index contributed by atoms with van der Waals surface area (Å²) < 4.78 is 1.03. The van der Waals surface area contributed by atoms with Crippen LogP contribution >= 0.6 is 15.9 Å². The zero-order valence-electron chi connectivity index (χ0n) is 12.2. The predicted molar refractivity (Wildman–Crippen MR) is 86.3 cm³/mol. The van der Waals surface area contributed by atoms with E-state index in [0.29, 0.717) is 18.4 Å². The Labute approximate surface area is 133 Å². The number of carbonyl (C=O) groups excluding carboxylic acids is 1. The van der Waals surface area contributed by atoms with Crippen LogP contribution in [0.15, 0.2) is 22.7 Å². The van der Waals surface area contributed by atoms with Gasteiger partial charge in [0.15, 0.2) is 0 Å². The van der Waals surface area contributed by atoms with Gasteiger partial charge in [-0.15, -0.1) is 0 Å². The van der Waals surface area contributed by atoms with Gasteiger partial charge in [0, 0.05) is 30.0 Å². The van der Waals surface area contributed by atoms with Crippen molar-refractivity contribution in [1.82, 2.24) is 5.32 Å². The Hall–Kier alpha value is -1.07. The molecular weight excluding hydrogens is 332 g/mol. The van der Waals surface area contributed by atoms with E-state index >= 15 is 0 Å². The van der Waals surface area contributed by atoms with Gasteiger partial charge in [0.25, 0.3) is 0 Å². The third-order valence-corrected chi connectivity index (χ3v) is 5.25. The van der Waals surface area contributed by atoms with Gasteiger partial charge in [-0.25, -0.2) is 0 Å². The third kappa shape index (κ3) is 3.09. The van der Waals surface area contributed by atoms with Crippen LogP contribution in [0, 0.1) is 5.92 Å². The first kappa shape index (κ1) is 14.9. The molecule has 21 heavy (non-hydrogen) atoms. The molecule has 0 saturated carbocycles. The maximum Gasteiger partial charge on any atom is 0.220 e. The molecule has 114 valence electrons. The number of amides is 1. The smallest absolute Gasteiger partial charge is 0.220 e. The number of anilines is 1. The summed E-state index contributed by atoms with van der Waals surface area (Å²) in [6.45, 7) is 3.71. The van der Waals surface area contributed by atoms with Crippen molar-refractivity contribution >= 4 is 27.5 Å². The number of carbonyl (C=O) groups is 1. The molecule has 2 heterocycles. The van der Waals surface area contributed by atoms with Gasteiger partial charge in [-0.1, -0.05) is 6.07 Å². The minimum atomic E-state index is -0.449. The number of nitrogens with one attached hydrogen (secondary N) is 1. The lowest BCUT2D eigenvalue weighted by Crippen LogP contribution is -2.54. The number of nitrogens with zero attached hydrogens (tertiary/aromatic N) is 1. The molecule has 1 aromatic carbocycles. The van der Waals surface area contributed by atoms with Crippen LogP contribution in [0.3, 0.4) is 0 Å². The zero-order chi connectivity index (χ0) is 15.0. The Morgan fingerprint density at radius 3 is 2.95 bits per heavy atom. The van der Waals surface area contributed by atoms with E-state index in [9.17, 15) is 9.90 Å². The van der Waals surface area contributed by atoms with Gasteiger partial charge in [-0.2, -0.15) is 0 Å². The Morgan fingerprint density at radius 1 is 1.43 bits per heavy atom. The van der Waals surface area contributed by atoms with Gasteiger partial charge < -0.3 is 15.3 Å². The topological polar surface area (TPSA) is 52.6 Å². The summed E-state index contributed by atoms with van der Waals surface area (Å²) >= 11 is 3.63. The van der Waals surface area contributed by atoms with Crippen molar-refractivity contribution < 1.29 is 9.90 Å². The molecule has 2 N–H and O–H groups in total. The highest BCUT2D eigenvalue weighted by Crippen LogP contribution is 2.34. The summed E-state index contributed by atoms with van der Waals surface area (Å²) in [5.41, 5.74) is 2.10. The maximum absolute atomic E-state index is 11.5. The van der Waals surface area contributed by atoms with Crippen molar-refractivity contribution in [3.63, 3.8) is 0 Å². The first-order valence-electron chi connectivity index (χ1n) is 7.56. The van der Waals surface area contributed by atoms with Crippen LogP contribution in [0.25, 0.3) is 0 Å². The lowest BCUT2D eigenvalue weighted by Gasteiger charge is -2.42. The molecule has 0 bridgehead atoms. The highest BCUT2D eigenvalue weighted by Gasteiger charge is 2.34. The van der Waals surface area contributed by atoms with Crippen LogP contribution in [0.5, 0.6) is 0 Å². The first-order chi connectivity index (χ1) is 10.0. The lowest BCUT2D eigenvalue weighted by molar-refractivity contribution is -0.124.